The summed E-state index contributed by atoms with van der Waals surface area (Å²) >= 11 is 0. The Kier molecular flexibility index (Phi) is 3.38. The molecule has 1 fully saturated rings. The number of hydrogen-bond acceptors (Lipinski definition) is 2. The van der Waals surface area contributed by atoms with Crippen LogP contribution < -0.4 is 5.32 Å². The summed E-state index contributed by atoms with van der Waals surface area (Å²) in [5.41, 5.74) is 2.27. The third-order valence-electron chi connectivity index (χ3n) is 3.08. The fourth-order valence-electron chi connectivity index (χ4n) is 2.17. The third-order valence-corrected chi connectivity index (χ3v) is 3.08. The molecule has 0 spiro atoms. The van der Waals surface area contributed by atoms with Gasteiger partial charge in [-0.25, -0.2) is 0 Å². The van der Waals surface area contributed by atoms with E-state index >= 15 is 0 Å². The zero-order valence-corrected chi connectivity index (χ0v) is 9.08. The van der Waals surface area contributed by atoms with Crippen molar-refractivity contribution < 1.29 is 0 Å². The molecule has 1 N–H and O–H groups in total. The molecule has 2 nitrogen and oxygen atoms in total. The molecule has 2 heteroatoms. The minimum atomic E-state index is 0.659. The molecule has 0 bridgehead atoms. The molecule has 1 heterocycles. The molecular weight excluding hydrogens is 184 g/mol. The first-order chi connectivity index (χ1) is 7.36. The van der Waals surface area contributed by atoms with Crippen molar-refractivity contribution in [3.8, 4) is 0 Å². The number of anilines is 1. The molecule has 1 aliphatic carbocycles. The SMILES string of the molecule is C=C(Nc1ccncc1)C1CCCCC1. The van der Waals surface area contributed by atoms with Gasteiger partial charge in [0, 0.05) is 23.8 Å². The van der Waals surface area contributed by atoms with E-state index < -0.39 is 0 Å². The largest absolute Gasteiger partial charge is 0.359 e. The fourth-order valence-corrected chi connectivity index (χ4v) is 2.17. The summed E-state index contributed by atoms with van der Waals surface area (Å²) in [6.07, 6.45) is 10.3. The number of hydrogen-bond donors (Lipinski definition) is 1. The van der Waals surface area contributed by atoms with Crippen LogP contribution in [0.3, 0.4) is 0 Å². The average molecular weight is 202 g/mol. The number of nitrogens with one attached hydrogen (secondary N) is 1. The topological polar surface area (TPSA) is 24.9 Å². The summed E-state index contributed by atoms with van der Waals surface area (Å²) in [5.74, 6) is 0.659. The van der Waals surface area contributed by atoms with E-state index in [0.717, 1.165) is 5.69 Å². The smallest absolute Gasteiger partial charge is 0.0412 e. The van der Waals surface area contributed by atoms with Crippen LogP contribution in [0, 0.1) is 5.92 Å². The Hall–Kier alpha value is -1.31. The van der Waals surface area contributed by atoms with Crippen molar-refractivity contribution in [3.05, 3.63) is 36.8 Å². The van der Waals surface area contributed by atoms with E-state index in [2.05, 4.69) is 16.9 Å². The summed E-state index contributed by atoms with van der Waals surface area (Å²) in [6.45, 7) is 4.14. The van der Waals surface area contributed by atoms with Crippen LogP contribution in [0.2, 0.25) is 0 Å². The van der Waals surface area contributed by atoms with E-state index in [1.165, 1.54) is 37.8 Å². The normalized spacial score (nSPS) is 17.3. The van der Waals surface area contributed by atoms with E-state index in [1.807, 2.05) is 12.1 Å². The number of nitrogens with zero attached hydrogens (tertiary/aromatic N) is 1. The Bertz CT molecular complexity index is 313. The molecule has 0 radical (unpaired) electrons. The lowest BCUT2D eigenvalue weighted by Gasteiger charge is -2.24. The second-order valence-corrected chi connectivity index (χ2v) is 4.22. The van der Waals surface area contributed by atoms with E-state index in [-0.39, 0.29) is 0 Å². The van der Waals surface area contributed by atoms with Gasteiger partial charge in [-0.15, -0.1) is 0 Å². The first-order valence-corrected chi connectivity index (χ1v) is 5.72. The maximum absolute atomic E-state index is 4.14. The Morgan fingerprint density at radius 2 is 1.87 bits per heavy atom. The van der Waals surface area contributed by atoms with Crippen molar-refractivity contribution in [1.82, 2.24) is 4.98 Å². The van der Waals surface area contributed by atoms with Crippen molar-refractivity contribution >= 4 is 5.69 Å². The van der Waals surface area contributed by atoms with Crippen LogP contribution in [0.25, 0.3) is 0 Å². The number of pyridine rings is 1. The van der Waals surface area contributed by atoms with Gasteiger partial charge in [0.05, 0.1) is 0 Å². The Morgan fingerprint density at radius 3 is 2.53 bits per heavy atom. The Morgan fingerprint density at radius 1 is 1.20 bits per heavy atom. The molecule has 80 valence electrons. The predicted molar refractivity (Wildman–Crippen MR) is 63.6 cm³/mol. The lowest BCUT2D eigenvalue weighted by atomic mass is 9.87. The van der Waals surface area contributed by atoms with Crippen molar-refractivity contribution in [1.29, 1.82) is 0 Å². The Labute approximate surface area is 91.4 Å². The van der Waals surface area contributed by atoms with E-state index in [0.29, 0.717) is 5.92 Å². The van der Waals surface area contributed by atoms with Gasteiger partial charge >= 0.3 is 0 Å². The van der Waals surface area contributed by atoms with Gasteiger partial charge in [0.15, 0.2) is 0 Å². The van der Waals surface area contributed by atoms with E-state index in [4.69, 9.17) is 0 Å². The molecule has 0 amide bonds. The van der Waals surface area contributed by atoms with Crippen molar-refractivity contribution in [2.24, 2.45) is 5.92 Å². The monoisotopic (exact) mass is 202 g/mol. The summed E-state index contributed by atoms with van der Waals surface area (Å²) in [6, 6.07) is 3.96. The molecule has 1 saturated carbocycles. The lowest BCUT2D eigenvalue weighted by Crippen LogP contribution is -2.14. The van der Waals surface area contributed by atoms with Crippen LogP contribution in [-0.2, 0) is 0 Å². The van der Waals surface area contributed by atoms with Crippen LogP contribution in [0.1, 0.15) is 32.1 Å². The molecule has 1 aromatic rings. The van der Waals surface area contributed by atoms with Gasteiger partial charge in [0.1, 0.15) is 0 Å². The quantitative estimate of drug-likeness (QED) is 0.810. The number of aromatic nitrogens is 1. The predicted octanol–water partition coefficient (Wildman–Crippen LogP) is 3.59. The van der Waals surface area contributed by atoms with Crippen molar-refractivity contribution in [3.63, 3.8) is 0 Å². The second kappa shape index (κ2) is 4.96. The first-order valence-electron chi connectivity index (χ1n) is 5.72. The van der Waals surface area contributed by atoms with Gasteiger partial charge in [-0.1, -0.05) is 25.8 Å². The summed E-state index contributed by atoms with van der Waals surface area (Å²) in [7, 11) is 0. The molecule has 0 aromatic carbocycles. The fraction of sp³-hybridized carbons (Fsp3) is 0.462. The maximum atomic E-state index is 4.14. The average Bonchev–Trinajstić information content (AvgIpc) is 2.31. The van der Waals surface area contributed by atoms with Crippen LogP contribution in [0.4, 0.5) is 5.69 Å². The van der Waals surface area contributed by atoms with Crippen LogP contribution in [-0.4, -0.2) is 4.98 Å². The summed E-state index contributed by atoms with van der Waals surface area (Å²) in [4.78, 5) is 4.00. The van der Waals surface area contributed by atoms with Gasteiger partial charge < -0.3 is 5.32 Å². The van der Waals surface area contributed by atoms with Crippen LogP contribution in [0.5, 0.6) is 0 Å². The highest BCUT2D eigenvalue weighted by molar-refractivity contribution is 5.46. The van der Waals surface area contributed by atoms with Gasteiger partial charge in [0.2, 0.25) is 0 Å². The molecule has 0 atom stereocenters. The highest BCUT2D eigenvalue weighted by atomic mass is 14.9. The minimum Gasteiger partial charge on any atom is -0.359 e. The standard InChI is InChI=1S/C13H18N2/c1-11(12-5-3-2-4-6-12)15-13-7-9-14-10-8-13/h7-10,12H,1-6H2,(H,14,15). The molecule has 15 heavy (non-hydrogen) atoms. The molecule has 0 unspecified atom stereocenters. The molecule has 0 saturated heterocycles. The Balaban J connectivity index is 1.91. The van der Waals surface area contributed by atoms with Crippen molar-refractivity contribution in [2.75, 3.05) is 5.32 Å². The third kappa shape index (κ3) is 2.82. The van der Waals surface area contributed by atoms with Crippen LogP contribution >= 0.6 is 0 Å². The van der Waals surface area contributed by atoms with Gasteiger partial charge in [-0.2, -0.15) is 0 Å². The number of allylic oxidation sites excluding steroid dienone is 1. The zero-order chi connectivity index (χ0) is 10.5. The molecule has 1 aromatic heterocycles. The molecule has 0 aliphatic heterocycles. The van der Waals surface area contributed by atoms with Gasteiger partial charge in [0.25, 0.3) is 0 Å². The number of rotatable bonds is 3. The minimum absolute atomic E-state index is 0.659. The van der Waals surface area contributed by atoms with Crippen LogP contribution in [0.15, 0.2) is 36.8 Å². The molecular formula is C13H18N2. The highest BCUT2D eigenvalue weighted by Gasteiger charge is 2.16. The van der Waals surface area contributed by atoms with E-state index in [9.17, 15) is 0 Å². The maximum Gasteiger partial charge on any atom is 0.0412 e. The second-order valence-electron chi connectivity index (χ2n) is 4.22. The van der Waals surface area contributed by atoms with E-state index in [1.54, 1.807) is 12.4 Å². The van der Waals surface area contributed by atoms with Gasteiger partial charge in [-0.05, 0) is 30.9 Å². The summed E-state index contributed by atoms with van der Waals surface area (Å²) in [5, 5.41) is 3.38. The molecule has 1 aliphatic rings. The van der Waals surface area contributed by atoms with Crippen molar-refractivity contribution in [2.45, 2.75) is 32.1 Å². The molecule has 2 rings (SSSR count). The lowest BCUT2D eigenvalue weighted by molar-refractivity contribution is 0.405. The highest BCUT2D eigenvalue weighted by Crippen LogP contribution is 2.29. The first kappa shape index (κ1) is 10.2. The summed E-state index contributed by atoms with van der Waals surface area (Å²) < 4.78 is 0. The zero-order valence-electron chi connectivity index (χ0n) is 9.08. The van der Waals surface area contributed by atoms with Gasteiger partial charge in [-0.3, -0.25) is 4.98 Å².